The molecule has 1 aromatic rings. The van der Waals surface area contributed by atoms with Gasteiger partial charge in [-0.2, -0.15) is 0 Å². The van der Waals surface area contributed by atoms with Crippen molar-refractivity contribution in [2.45, 2.75) is 26.7 Å². The number of aryl methyl sites for hydroxylation is 2. The van der Waals surface area contributed by atoms with Crippen LogP contribution in [0, 0.1) is 13.8 Å². The number of carbonyl (C=O) groups is 1. The van der Waals surface area contributed by atoms with Crippen molar-refractivity contribution in [3.05, 3.63) is 33.8 Å². The third-order valence-electron chi connectivity index (χ3n) is 2.70. The molecule has 0 aliphatic carbocycles. The summed E-state index contributed by atoms with van der Waals surface area (Å²) in [6.45, 7) is 4.49. The minimum absolute atomic E-state index is 0.102. The summed E-state index contributed by atoms with van der Waals surface area (Å²) in [6.07, 6.45) is 2.14. The van der Waals surface area contributed by atoms with Gasteiger partial charge < -0.3 is 14.6 Å². The van der Waals surface area contributed by atoms with E-state index in [-0.39, 0.29) is 10.9 Å². The van der Waals surface area contributed by atoms with Crippen LogP contribution in [0.4, 0.5) is 0 Å². The van der Waals surface area contributed by atoms with Gasteiger partial charge in [-0.15, -0.1) is 0 Å². The molecule has 0 saturated heterocycles. The molecule has 0 bridgehead atoms. The zero-order valence-electron chi connectivity index (χ0n) is 12.0. The van der Waals surface area contributed by atoms with Crippen LogP contribution in [0.3, 0.4) is 0 Å². The normalized spacial score (nSPS) is 10.1. The summed E-state index contributed by atoms with van der Waals surface area (Å²) in [6, 6.07) is 3.71. The summed E-state index contributed by atoms with van der Waals surface area (Å²) >= 11 is 11.0. The second-order valence-corrected chi connectivity index (χ2v) is 5.54. The average molecular weight is 333 g/mol. The van der Waals surface area contributed by atoms with Crippen LogP contribution in [-0.2, 0) is 4.79 Å². The summed E-state index contributed by atoms with van der Waals surface area (Å²) in [5.41, 5.74) is 1.86. The Morgan fingerprint density at radius 3 is 2.38 bits per heavy atom. The summed E-state index contributed by atoms with van der Waals surface area (Å²) in [7, 11) is 0. The molecule has 0 fully saturated rings. The quantitative estimate of drug-likeness (QED) is 0.723. The maximum absolute atomic E-state index is 10.4. The predicted octanol–water partition coefficient (Wildman–Crippen LogP) is 4.24. The van der Waals surface area contributed by atoms with Crippen LogP contribution in [0.2, 0.25) is 0 Å². The van der Waals surface area contributed by atoms with Crippen molar-refractivity contribution in [1.82, 2.24) is 0 Å². The number of carboxylic acid groups (broad SMARTS) is 1. The standard InChI is InChI=1S/C15H18Cl2O4/c1-10-8-12(20-7-5-13(16)17)9-11(2)15(10)21-6-3-4-14(18)19/h5,8-9H,3-4,6-7H2,1-2H3,(H,18,19). The minimum atomic E-state index is -0.818. The van der Waals surface area contributed by atoms with Crippen molar-refractivity contribution in [2.24, 2.45) is 0 Å². The Hall–Kier alpha value is -1.39. The van der Waals surface area contributed by atoms with Crippen molar-refractivity contribution < 1.29 is 19.4 Å². The van der Waals surface area contributed by atoms with Crippen molar-refractivity contribution in [2.75, 3.05) is 13.2 Å². The zero-order chi connectivity index (χ0) is 15.8. The lowest BCUT2D eigenvalue weighted by molar-refractivity contribution is -0.137. The van der Waals surface area contributed by atoms with Gasteiger partial charge in [0.2, 0.25) is 0 Å². The van der Waals surface area contributed by atoms with Crippen LogP contribution in [0.25, 0.3) is 0 Å². The van der Waals surface area contributed by atoms with Gasteiger partial charge >= 0.3 is 5.97 Å². The van der Waals surface area contributed by atoms with Gasteiger partial charge in [-0.3, -0.25) is 4.79 Å². The molecular formula is C15H18Cl2O4. The van der Waals surface area contributed by atoms with E-state index < -0.39 is 5.97 Å². The van der Waals surface area contributed by atoms with Crippen LogP contribution < -0.4 is 9.47 Å². The smallest absolute Gasteiger partial charge is 0.303 e. The van der Waals surface area contributed by atoms with E-state index in [9.17, 15) is 4.79 Å². The van der Waals surface area contributed by atoms with Gasteiger partial charge in [-0.05, 0) is 49.6 Å². The zero-order valence-corrected chi connectivity index (χ0v) is 13.5. The van der Waals surface area contributed by atoms with E-state index in [0.29, 0.717) is 25.4 Å². The average Bonchev–Trinajstić information content (AvgIpc) is 2.36. The molecule has 1 N–H and O–H groups in total. The highest BCUT2D eigenvalue weighted by Crippen LogP contribution is 2.28. The fraction of sp³-hybridized carbons (Fsp3) is 0.400. The van der Waals surface area contributed by atoms with Gasteiger partial charge in [0, 0.05) is 6.42 Å². The van der Waals surface area contributed by atoms with Crippen LogP contribution in [0.15, 0.2) is 22.7 Å². The lowest BCUT2D eigenvalue weighted by atomic mass is 10.1. The first-order valence-electron chi connectivity index (χ1n) is 6.50. The van der Waals surface area contributed by atoms with E-state index in [2.05, 4.69) is 0 Å². The van der Waals surface area contributed by atoms with Gasteiger partial charge in [0.15, 0.2) is 0 Å². The van der Waals surface area contributed by atoms with Crippen molar-refractivity contribution in [3.8, 4) is 11.5 Å². The van der Waals surface area contributed by atoms with Gasteiger partial charge in [-0.1, -0.05) is 23.2 Å². The van der Waals surface area contributed by atoms with Crippen LogP contribution >= 0.6 is 23.2 Å². The molecule has 0 saturated carbocycles. The summed E-state index contributed by atoms with van der Waals surface area (Å²) < 4.78 is 11.3. The number of carboxylic acids is 1. The van der Waals surface area contributed by atoms with E-state index in [1.54, 1.807) is 6.08 Å². The summed E-state index contributed by atoms with van der Waals surface area (Å²) in [5, 5.41) is 8.58. The molecule has 1 aromatic carbocycles. The lowest BCUT2D eigenvalue weighted by Gasteiger charge is -2.14. The Morgan fingerprint density at radius 1 is 1.24 bits per heavy atom. The number of hydrogen-bond acceptors (Lipinski definition) is 3. The molecule has 4 nitrogen and oxygen atoms in total. The van der Waals surface area contributed by atoms with Gasteiger partial charge in [-0.25, -0.2) is 0 Å². The highest BCUT2D eigenvalue weighted by Gasteiger charge is 2.08. The van der Waals surface area contributed by atoms with Crippen molar-refractivity contribution in [3.63, 3.8) is 0 Å². The van der Waals surface area contributed by atoms with Gasteiger partial charge in [0.25, 0.3) is 0 Å². The Morgan fingerprint density at radius 2 is 1.86 bits per heavy atom. The van der Waals surface area contributed by atoms with Crippen molar-refractivity contribution >= 4 is 29.2 Å². The second kappa shape index (κ2) is 8.80. The molecule has 0 aliphatic rings. The van der Waals surface area contributed by atoms with Gasteiger partial charge in [0.1, 0.15) is 22.6 Å². The summed E-state index contributed by atoms with van der Waals surface area (Å²) in [4.78, 5) is 10.4. The molecule has 0 amide bonds. The minimum Gasteiger partial charge on any atom is -0.493 e. The van der Waals surface area contributed by atoms with Crippen molar-refractivity contribution in [1.29, 1.82) is 0 Å². The first-order chi connectivity index (χ1) is 9.90. The third-order valence-corrected chi connectivity index (χ3v) is 3.01. The first kappa shape index (κ1) is 17.7. The number of ether oxygens (including phenoxy) is 2. The fourth-order valence-corrected chi connectivity index (χ4v) is 1.95. The number of benzene rings is 1. The number of rotatable bonds is 8. The van der Waals surface area contributed by atoms with Crippen LogP contribution in [0.5, 0.6) is 11.5 Å². The maximum atomic E-state index is 10.4. The molecule has 0 aromatic heterocycles. The molecule has 116 valence electrons. The highest BCUT2D eigenvalue weighted by atomic mass is 35.5. The maximum Gasteiger partial charge on any atom is 0.303 e. The Bertz CT molecular complexity index is 499. The molecule has 0 radical (unpaired) electrons. The van der Waals surface area contributed by atoms with E-state index in [1.165, 1.54) is 0 Å². The van der Waals surface area contributed by atoms with Crippen LogP contribution in [0.1, 0.15) is 24.0 Å². The second-order valence-electron chi connectivity index (χ2n) is 4.54. The predicted molar refractivity (Wildman–Crippen MR) is 83.6 cm³/mol. The van der Waals surface area contributed by atoms with E-state index in [0.717, 1.165) is 16.9 Å². The summed E-state index contributed by atoms with van der Waals surface area (Å²) in [5.74, 6) is 0.647. The third kappa shape index (κ3) is 6.74. The highest BCUT2D eigenvalue weighted by molar-refractivity contribution is 6.55. The molecule has 0 heterocycles. The molecule has 0 aliphatic heterocycles. The number of aliphatic carboxylic acids is 1. The molecule has 0 unspecified atom stereocenters. The Labute approximate surface area is 134 Å². The molecule has 1 rings (SSSR count). The molecule has 0 atom stereocenters. The number of halogens is 2. The molecule has 6 heteroatoms. The van der Waals surface area contributed by atoms with E-state index in [4.69, 9.17) is 37.8 Å². The van der Waals surface area contributed by atoms with Gasteiger partial charge in [0.05, 0.1) is 6.61 Å². The largest absolute Gasteiger partial charge is 0.493 e. The van der Waals surface area contributed by atoms with E-state index >= 15 is 0 Å². The Balaban J connectivity index is 2.62. The molecular weight excluding hydrogens is 315 g/mol. The lowest BCUT2D eigenvalue weighted by Crippen LogP contribution is -2.04. The monoisotopic (exact) mass is 332 g/mol. The first-order valence-corrected chi connectivity index (χ1v) is 7.25. The topological polar surface area (TPSA) is 55.8 Å². The molecule has 21 heavy (non-hydrogen) atoms. The Kier molecular flexibility index (Phi) is 7.40. The fourth-order valence-electron chi connectivity index (χ4n) is 1.82. The number of hydrogen-bond donors (Lipinski definition) is 1. The van der Waals surface area contributed by atoms with Crippen LogP contribution in [-0.4, -0.2) is 24.3 Å². The molecule has 0 spiro atoms. The van der Waals surface area contributed by atoms with E-state index in [1.807, 2.05) is 26.0 Å². The SMILES string of the molecule is Cc1cc(OCC=C(Cl)Cl)cc(C)c1OCCCC(=O)O.